The van der Waals surface area contributed by atoms with Crippen molar-refractivity contribution >= 4 is 11.6 Å². The third-order valence-corrected chi connectivity index (χ3v) is 3.56. The molecule has 5 nitrogen and oxygen atoms in total. The molecule has 2 rings (SSSR count). The van der Waals surface area contributed by atoms with Crippen molar-refractivity contribution in [3.05, 3.63) is 65.2 Å². The second-order valence-corrected chi connectivity index (χ2v) is 5.45. The van der Waals surface area contributed by atoms with Crippen LogP contribution in [0.3, 0.4) is 0 Å². The van der Waals surface area contributed by atoms with Gasteiger partial charge in [0.15, 0.2) is 5.71 Å². The molecule has 0 saturated heterocycles. The maximum atomic E-state index is 12.8. The lowest BCUT2D eigenvalue weighted by molar-refractivity contribution is -0.137. The molecule has 2 aromatic carbocycles. The summed E-state index contributed by atoms with van der Waals surface area (Å²) in [5.41, 5.74) is 0.314. The number of benzene rings is 2. The second-order valence-electron chi connectivity index (χ2n) is 5.45. The van der Waals surface area contributed by atoms with Crippen molar-refractivity contribution in [1.82, 2.24) is 5.32 Å². The molecule has 0 aliphatic carbocycles. The highest BCUT2D eigenvalue weighted by Crippen LogP contribution is 2.31. The molecule has 0 heterocycles. The smallest absolute Gasteiger partial charge is 0.416 e. The van der Waals surface area contributed by atoms with Crippen LogP contribution < -0.4 is 10.1 Å². The summed E-state index contributed by atoms with van der Waals surface area (Å²) in [5.74, 6) is -0.353. The Kier molecular flexibility index (Phi) is 6.81. The maximum absolute atomic E-state index is 12.8. The molecule has 0 unspecified atom stereocenters. The maximum Gasteiger partial charge on any atom is 0.416 e. The Morgan fingerprint density at radius 2 is 1.89 bits per heavy atom. The molecule has 0 aliphatic rings. The van der Waals surface area contributed by atoms with Crippen molar-refractivity contribution in [3.63, 3.8) is 0 Å². The van der Waals surface area contributed by atoms with Crippen LogP contribution in [-0.4, -0.2) is 25.3 Å². The SMILES string of the molecule is CCNC(=O)C(=NOC)c1ccccc1COc1cccc(C(F)(F)F)c1. The van der Waals surface area contributed by atoms with Crippen LogP contribution in [0.5, 0.6) is 5.75 Å². The molecule has 1 N–H and O–H groups in total. The van der Waals surface area contributed by atoms with Crippen LogP contribution in [0, 0.1) is 0 Å². The fourth-order valence-electron chi connectivity index (χ4n) is 2.35. The van der Waals surface area contributed by atoms with E-state index in [0.717, 1.165) is 12.1 Å². The average molecular weight is 380 g/mol. The van der Waals surface area contributed by atoms with Crippen molar-refractivity contribution in [2.75, 3.05) is 13.7 Å². The average Bonchev–Trinajstić information content (AvgIpc) is 2.64. The normalized spacial score (nSPS) is 11.8. The van der Waals surface area contributed by atoms with Gasteiger partial charge in [-0.1, -0.05) is 35.5 Å². The van der Waals surface area contributed by atoms with E-state index >= 15 is 0 Å². The first-order chi connectivity index (χ1) is 12.9. The van der Waals surface area contributed by atoms with Gasteiger partial charge in [-0.3, -0.25) is 4.79 Å². The highest BCUT2D eigenvalue weighted by Gasteiger charge is 2.30. The third-order valence-electron chi connectivity index (χ3n) is 3.56. The summed E-state index contributed by atoms with van der Waals surface area (Å²) in [6, 6.07) is 11.4. The number of hydrogen-bond donors (Lipinski definition) is 1. The second kappa shape index (κ2) is 9.07. The molecule has 0 aliphatic heterocycles. The van der Waals surface area contributed by atoms with Crippen LogP contribution in [0.15, 0.2) is 53.7 Å². The number of amides is 1. The van der Waals surface area contributed by atoms with E-state index in [1.54, 1.807) is 31.2 Å². The molecular formula is C19H19F3N2O3. The minimum absolute atomic E-state index is 0.0420. The molecule has 2 aromatic rings. The Bertz CT molecular complexity index is 820. The molecule has 8 heteroatoms. The monoisotopic (exact) mass is 380 g/mol. The minimum Gasteiger partial charge on any atom is -0.489 e. The fourth-order valence-corrected chi connectivity index (χ4v) is 2.35. The number of carbonyl (C=O) groups is 1. The molecule has 144 valence electrons. The van der Waals surface area contributed by atoms with Gasteiger partial charge < -0.3 is 14.9 Å². The van der Waals surface area contributed by atoms with Crippen LogP contribution in [0.25, 0.3) is 0 Å². The topological polar surface area (TPSA) is 59.9 Å². The van der Waals surface area contributed by atoms with E-state index in [0.29, 0.717) is 17.7 Å². The number of hydrogen-bond acceptors (Lipinski definition) is 4. The van der Waals surface area contributed by atoms with E-state index < -0.39 is 17.6 Å². The number of rotatable bonds is 7. The van der Waals surface area contributed by atoms with Crippen molar-refractivity contribution in [2.45, 2.75) is 19.7 Å². The van der Waals surface area contributed by atoms with Gasteiger partial charge in [0.25, 0.3) is 5.91 Å². The van der Waals surface area contributed by atoms with Crippen LogP contribution >= 0.6 is 0 Å². The van der Waals surface area contributed by atoms with Crippen molar-refractivity contribution < 1.29 is 27.5 Å². The lowest BCUT2D eigenvalue weighted by Gasteiger charge is -2.13. The summed E-state index contributed by atoms with van der Waals surface area (Å²) < 4.78 is 44.0. The Labute approximate surface area is 154 Å². The van der Waals surface area contributed by atoms with E-state index in [4.69, 9.17) is 9.57 Å². The van der Waals surface area contributed by atoms with Gasteiger partial charge in [0.1, 0.15) is 19.5 Å². The van der Waals surface area contributed by atoms with E-state index in [1.807, 2.05) is 0 Å². The van der Waals surface area contributed by atoms with Crippen LogP contribution in [0.2, 0.25) is 0 Å². The number of ether oxygens (including phenoxy) is 1. The predicted molar refractivity (Wildman–Crippen MR) is 94.4 cm³/mol. The standard InChI is InChI=1S/C19H19F3N2O3/c1-3-23-18(25)17(24-26-2)16-10-5-4-7-13(16)12-27-15-9-6-8-14(11-15)19(20,21)22/h4-11H,3,12H2,1-2H3,(H,23,25). The molecule has 0 aromatic heterocycles. The highest BCUT2D eigenvalue weighted by atomic mass is 19.4. The quantitative estimate of drug-likeness (QED) is 0.588. The zero-order valence-corrected chi connectivity index (χ0v) is 14.8. The summed E-state index contributed by atoms with van der Waals surface area (Å²) in [5, 5.41) is 6.41. The zero-order chi connectivity index (χ0) is 19.9. The molecule has 1 amide bonds. The number of oxime groups is 1. The van der Waals surface area contributed by atoms with Gasteiger partial charge in [-0.25, -0.2) is 0 Å². The Balaban J connectivity index is 2.26. The van der Waals surface area contributed by atoms with E-state index in [9.17, 15) is 18.0 Å². The molecule has 27 heavy (non-hydrogen) atoms. The van der Waals surface area contributed by atoms with Crippen molar-refractivity contribution in [3.8, 4) is 5.75 Å². The molecular weight excluding hydrogens is 361 g/mol. The first kappa shape index (κ1) is 20.3. The molecule has 0 saturated carbocycles. The number of halogens is 3. The van der Waals surface area contributed by atoms with Crippen molar-refractivity contribution in [2.24, 2.45) is 5.16 Å². The number of nitrogens with one attached hydrogen (secondary N) is 1. The van der Waals surface area contributed by atoms with E-state index in [2.05, 4.69) is 10.5 Å². The van der Waals surface area contributed by atoms with E-state index in [1.165, 1.54) is 19.2 Å². The Morgan fingerprint density at radius 3 is 2.56 bits per heavy atom. The lowest BCUT2D eigenvalue weighted by atomic mass is 10.0. The number of likely N-dealkylation sites (N-methyl/N-ethyl adjacent to an activating group) is 1. The molecule has 0 bridgehead atoms. The van der Waals surface area contributed by atoms with Crippen LogP contribution in [-0.2, 0) is 22.4 Å². The minimum atomic E-state index is -4.45. The number of carbonyl (C=O) groups excluding carboxylic acids is 1. The van der Waals surface area contributed by atoms with Gasteiger partial charge in [0, 0.05) is 12.1 Å². The first-order valence-corrected chi connectivity index (χ1v) is 8.14. The van der Waals surface area contributed by atoms with Gasteiger partial charge in [-0.15, -0.1) is 0 Å². The van der Waals surface area contributed by atoms with Crippen LogP contribution in [0.1, 0.15) is 23.6 Å². The van der Waals surface area contributed by atoms with Gasteiger partial charge in [0.05, 0.1) is 5.56 Å². The van der Waals surface area contributed by atoms with Gasteiger partial charge in [-0.05, 0) is 30.7 Å². The number of nitrogens with zero attached hydrogens (tertiary/aromatic N) is 1. The molecule has 0 radical (unpaired) electrons. The van der Waals surface area contributed by atoms with Crippen LogP contribution in [0.4, 0.5) is 13.2 Å². The lowest BCUT2D eigenvalue weighted by Crippen LogP contribution is -2.32. The first-order valence-electron chi connectivity index (χ1n) is 8.14. The summed E-state index contributed by atoms with van der Waals surface area (Å²) in [7, 11) is 1.32. The van der Waals surface area contributed by atoms with Crippen molar-refractivity contribution in [1.29, 1.82) is 0 Å². The van der Waals surface area contributed by atoms with E-state index in [-0.39, 0.29) is 18.1 Å². The summed E-state index contributed by atoms with van der Waals surface area (Å²) in [6.07, 6.45) is -4.45. The zero-order valence-electron chi connectivity index (χ0n) is 14.8. The Morgan fingerprint density at radius 1 is 1.15 bits per heavy atom. The summed E-state index contributed by atoms with van der Waals surface area (Å²) >= 11 is 0. The van der Waals surface area contributed by atoms with Gasteiger partial charge >= 0.3 is 6.18 Å². The summed E-state index contributed by atoms with van der Waals surface area (Å²) in [4.78, 5) is 17.0. The van der Waals surface area contributed by atoms with Gasteiger partial charge in [0.2, 0.25) is 0 Å². The fraction of sp³-hybridized carbons (Fsp3) is 0.263. The molecule has 0 spiro atoms. The third kappa shape index (κ3) is 5.47. The highest BCUT2D eigenvalue weighted by molar-refractivity contribution is 6.45. The number of alkyl halides is 3. The molecule has 0 fully saturated rings. The molecule has 0 atom stereocenters. The largest absolute Gasteiger partial charge is 0.489 e. The predicted octanol–water partition coefficient (Wildman–Crippen LogP) is 3.77. The summed E-state index contributed by atoms with van der Waals surface area (Å²) in [6.45, 7) is 2.13. The Hall–Kier alpha value is -3.03. The van der Waals surface area contributed by atoms with Gasteiger partial charge in [-0.2, -0.15) is 13.2 Å².